The SMILES string of the molecule is CCS(=O)(=O)c1cc2ccc(Br)cc2nc1C1=C(F)c2ncc(C)cc2C1.CCn1cc(C)cc2nc(-c3nc4cc(Br)ccc4cc3S(=O)(=O)CC)c(F)c1-2. The van der Waals surface area contributed by atoms with Crippen molar-refractivity contribution in [2.75, 3.05) is 11.5 Å². The van der Waals surface area contributed by atoms with Crippen molar-refractivity contribution in [3.63, 3.8) is 0 Å². The molecule has 5 aromatic rings. The van der Waals surface area contributed by atoms with Crippen LogP contribution in [-0.4, -0.2) is 52.8 Å². The highest BCUT2D eigenvalue weighted by Crippen LogP contribution is 2.41. The van der Waals surface area contributed by atoms with Crippen molar-refractivity contribution in [2.24, 2.45) is 0 Å². The number of hydrogen-bond acceptors (Lipinski definition) is 8. The first-order chi connectivity index (χ1) is 26.5. The molecule has 0 amide bonds. The minimum absolute atomic E-state index is 0.00343. The number of hydrogen-bond donors (Lipinski definition) is 0. The van der Waals surface area contributed by atoms with Gasteiger partial charge in [-0.05, 0) is 79.9 Å². The molecule has 288 valence electrons. The molecule has 2 aliphatic heterocycles. The number of benzene rings is 2. The first-order valence-electron chi connectivity index (χ1n) is 17.7. The smallest absolute Gasteiger partial charge is 0.180 e. The van der Waals surface area contributed by atoms with Gasteiger partial charge in [0, 0.05) is 50.7 Å². The molecule has 0 fully saturated rings. The van der Waals surface area contributed by atoms with Crippen molar-refractivity contribution in [3.8, 4) is 22.8 Å². The van der Waals surface area contributed by atoms with Crippen LogP contribution >= 0.6 is 31.9 Å². The number of fused-ring (bicyclic) bond motifs is 4. The number of halogens is 4. The number of allylic oxidation sites excluding steroid dienone is 1. The zero-order valence-corrected chi connectivity index (χ0v) is 35.8. The summed E-state index contributed by atoms with van der Waals surface area (Å²) < 4.78 is 85.1. The second-order valence-corrected chi connectivity index (χ2v) is 19.8. The van der Waals surface area contributed by atoms with Gasteiger partial charge in [-0.3, -0.25) is 4.98 Å². The molecule has 0 unspecified atom stereocenters. The van der Waals surface area contributed by atoms with Crippen LogP contribution in [0.1, 0.15) is 48.8 Å². The Kier molecular flexibility index (Phi) is 10.8. The van der Waals surface area contributed by atoms with Crippen LogP contribution in [0.15, 0.2) is 91.8 Å². The Balaban J connectivity index is 0.000000172. The van der Waals surface area contributed by atoms with Gasteiger partial charge in [-0.15, -0.1) is 0 Å². The van der Waals surface area contributed by atoms with Crippen molar-refractivity contribution in [1.29, 1.82) is 0 Å². The Hall–Kier alpha value is -4.44. The molecular formula is C41H35Br2F2N5O4S2. The van der Waals surface area contributed by atoms with Crippen LogP contribution in [0.4, 0.5) is 8.78 Å². The van der Waals surface area contributed by atoms with Gasteiger partial charge in [-0.1, -0.05) is 63.9 Å². The van der Waals surface area contributed by atoms with Crippen molar-refractivity contribution in [3.05, 3.63) is 116 Å². The van der Waals surface area contributed by atoms with E-state index in [0.717, 1.165) is 25.6 Å². The number of aryl methyl sites for hydroxylation is 3. The summed E-state index contributed by atoms with van der Waals surface area (Å²) in [5, 5.41) is 1.36. The fraction of sp³-hybridized carbons (Fsp3) is 0.220. The third-order valence-corrected chi connectivity index (χ3v) is 14.1. The van der Waals surface area contributed by atoms with E-state index in [1.54, 1.807) is 67.1 Å². The normalized spacial score (nSPS) is 13.1. The summed E-state index contributed by atoms with van der Waals surface area (Å²) in [7, 11) is -7.23. The van der Waals surface area contributed by atoms with Crippen molar-refractivity contribution >= 4 is 84.7 Å². The molecule has 1 aliphatic carbocycles. The molecule has 2 aromatic carbocycles. The molecule has 0 bridgehead atoms. The minimum atomic E-state index is -3.64. The van der Waals surface area contributed by atoms with Crippen LogP contribution in [0.5, 0.6) is 0 Å². The third-order valence-electron chi connectivity index (χ3n) is 9.62. The Morgan fingerprint density at radius 1 is 0.696 bits per heavy atom. The summed E-state index contributed by atoms with van der Waals surface area (Å²) >= 11 is 6.80. The van der Waals surface area contributed by atoms with E-state index in [9.17, 15) is 16.8 Å². The van der Waals surface area contributed by atoms with E-state index >= 15 is 8.78 Å². The average Bonchev–Trinajstić information content (AvgIpc) is 3.68. The summed E-state index contributed by atoms with van der Waals surface area (Å²) in [5.41, 5.74) is 5.36. The van der Waals surface area contributed by atoms with Crippen molar-refractivity contribution in [1.82, 2.24) is 24.5 Å². The molecule has 0 N–H and O–H groups in total. The van der Waals surface area contributed by atoms with Crippen LogP contribution in [0, 0.1) is 19.7 Å². The minimum Gasteiger partial charge on any atom is -0.344 e. The van der Waals surface area contributed by atoms with Gasteiger partial charge in [0.2, 0.25) is 0 Å². The molecule has 0 saturated carbocycles. The number of aromatic nitrogens is 5. The van der Waals surface area contributed by atoms with E-state index < -0.39 is 31.3 Å². The fourth-order valence-electron chi connectivity index (χ4n) is 6.76. The van der Waals surface area contributed by atoms with Gasteiger partial charge in [0.25, 0.3) is 0 Å². The number of sulfone groups is 2. The lowest BCUT2D eigenvalue weighted by Crippen LogP contribution is -2.09. The van der Waals surface area contributed by atoms with E-state index in [-0.39, 0.29) is 56.1 Å². The van der Waals surface area contributed by atoms with Crippen LogP contribution in [0.3, 0.4) is 0 Å². The molecule has 0 saturated heterocycles. The average molecular weight is 924 g/mol. The lowest BCUT2D eigenvalue weighted by Gasteiger charge is -2.12. The Bertz CT molecular complexity index is 2970. The highest BCUT2D eigenvalue weighted by atomic mass is 79.9. The number of pyridine rings is 4. The van der Waals surface area contributed by atoms with Crippen LogP contribution in [0.2, 0.25) is 0 Å². The predicted molar refractivity (Wildman–Crippen MR) is 223 cm³/mol. The van der Waals surface area contributed by atoms with Crippen LogP contribution < -0.4 is 0 Å². The number of nitrogens with zero attached hydrogens (tertiary/aromatic N) is 5. The molecule has 56 heavy (non-hydrogen) atoms. The zero-order chi connectivity index (χ0) is 40.3. The van der Waals surface area contributed by atoms with Crippen molar-refractivity contribution < 1.29 is 25.6 Å². The molecule has 8 rings (SSSR count). The maximum atomic E-state index is 15.5. The Labute approximate surface area is 340 Å². The van der Waals surface area contributed by atoms with Gasteiger partial charge in [0.1, 0.15) is 22.8 Å². The molecule has 0 atom stereocenters. The highest BCUT2D eigenvalue weighted by Gasteiger charge is 2.31. The van der Waals surface area contributed by atoms with Gasteiger partial charge in [0.05, 0.1) is 43.7 Å². The molecule has 5 heterocycles. The number of rotatable bonds is 7. The van der Waals surface area contributed by atoms with Gasteiger partial charge in [-0.25, -0.2) is 40.6 Å². The van der Waals surface area contributed by atoms with E-state index in [1.165, 1.54) is 0 Å². The fourth-order valence-corrected chi connectivity index (χ4v) is 9.60. The van der Waals surface area contributed by atoms with Gasteiger partial charge in [0.15, 0.2) is 31.3 Å². The maximum absolute atomic E-state index is 15.5. The molecule has 3 aliphatic rings. The first kappa shape index (κ1) is 39.8. The van der Waals surface area contributed by atoms with E-state index in [4.69, 9.17) is 0 Å². The Morgan fingerprint density at radius 2 is 1.27 bits per heavy atom. The monoisotopic (exact) mass is 921 g/mol. The molecule has 3 aromatic heterocycles. The summed E-state index contributed by atoms with van der Waals surface area (Å²) in [4.78, 5) is 17.8. The van der Waals surface area contributed by atoms with Crippen LogP contribution in [0.25, 0.3) is 56.0 Å². The standard InChI is InChI=1S/C21H19BrFN3O2S.C20H16BrFN2O2S/c1-4-26-11-12(3)8-16-21(26)18(23)20(25-16)19-17(29(27,28)5-2)9-13-6-7-14(22)10-15(13)24-19;1-3-27(25,26)17-8-12-4-5-14(21)9-16(12)24-20(17)15-7-13-6-11(2)10-23-19(13)18(15)22/h6-11H,4-5H2,1-3H3;4-6,8-10H,3,7H2,1-2H3. The molecule has 15 heteroatoms. The van der Waals surface area contributed by atoms with Gasteiger partial charge >= 0.3 is 0 Å². The first-order valence-corrected chi connectivity index (χ1v) is 22.6. The van der Waals surface area contributed by atoms with Gasteiger partial charge < -0.3 is 4.57 Å². The lowest BCUT2D eigenvalue weighted by molar-refractivity contribution is 0.595. The summed E-state index contributed by atoms with van der Waals surface area (Å²) in [6.07, 6.45) is 3.73. The molecule has 9 nitrogen and oxygen atoms in total. The third kappa shape index (κ3) is 7.30. The lowest BCUT2D eigenvalue weighted by atomic mass is 10.1. The van der Waals surface area contributed by atoms with E-state index in [0.29, 0.717) is 39.7 Å². The van der Waals surface area contributed by atoms with E-state index in [2.05, 4.69) is 51.8 Å². The quantitative estimate of drug-likeness (QED) is 0.155. The molecule has 0 spiro atoms. The van der Waals surface area contributed by atoms with Crippen molar-refractivity contribution in [2.45, 2.75) is 57.4 Å². The molecular weight excluding hydrogens is 888 g/mol. The van der Waals surface area contributed by atoms with Crippen LogP contribution in [-0.2, 0) is 32.6 Å². The largest absolute Gasteiger partial charge is 0.344 e. The van der Waals surface area contributed by atoms with Gasteiger partial charge in [-0.2, -0.15) is 0 Å². The second-order valence-electron chi connectivity index (χ2n) is 13.5. The maximum Gasteiger partial charge on any atom is 0.180 e. The topological polar surface area (TPSA) is 125 Å². The molecule has 0 radical (unpaired) electrons. The predicted octanol–water partition coefficient (Wildman–Crippen LogP) is 10.1. The van der Waals surface area contributed by atoms with E-state index in [1.807, 2.05) is 45.2 Å². The summed E-state index contributed by atoms with van der Waals surface area (Å²) in [6, 6.07) is 17.6. The second kappa shape index (κ2) is 15.1. The zero-order valence-electron chi connectivity index (χ0n) is 31.0. The summed E-state index contributed by atoms with van der Waals surface area (Å²) in [5.74, 6) is -1.25. The Morgan fingerprint density at radius 3 is 1.84 bits per heavy atom. The summed E-state index contributed by atoms with van der Waals surface area (Å²) in [6.45, 7) is 9.43. The highest BCUT2D eigenvalue weighted by molar-refractivity contribution is 9.10.